The number of rotatable bonds is 4. The standard InChI is InChI=1S/C20H20N4O/c25-20(16-9-5-2-6-10-16)21-17-11-12-24(14-17)19-13-18(22-23-19)15-7-3-1-4-8-15/h1-10,13,17H,11-12,14H2,(H,21,25)(H,22,23)/t17-/m0/s1. The van der Waals surface area contributed by atoms with E-state index < -0.39 is 0 Å². The van der Waals surface area contributed by atoms with Gasteiger partial charge in [0.25, 0.3) is 5.91 Å². The number of hydrogen-bond donors (Lipinski definition) is 2. The first-order valence-corrected chi connectivity index (χ1v) is 8.51. The van der Waals surface area contributed by atoms with Gasteiger partial charge in [0.05, 0.1) is 5.69 Å². The molecule has 1 aromatic heterocycles. The van der Waals surface area contributed by atoms with Crippen LogP contribution in [0.3, 0.4) is 0 Å². The molecule has 126 valence electrons. The Bertz CT molecular complexity index is 844. The highest BCUT2D eigenvalue weighted by molar-refractivity contribution is 5.94. The summed E-state index contributed by atoms with van der Waals surface area (Å²) in [6.45, 7) is 1.66. The van der Waals surface area contributed by atoms with E-state index >= 15 is 0 Å². The van der Waals surface area contributed by atoms with Crippen LogP contribution in [0.4, 0.5) is 5.82 Å². The fourth-order valence-electron chi connectivity index (χ4n) is 3.18. The number of carbonyl (C=O) groups excluding carboxylic acids is 1. The van der Waals surface area contributed by atoms with E-state index in [1.54, 1.807) is 0 Å². The molecule has 2 aromatic carbocycles. The maximum Gasteiger partial charge on any atom is 0.251 e. The van der Waals surface area contributed by atoms with Crippen LogP contribution in [0, 0.1) is 0 Å². The second-order valence-corrected chi connectivity index (χ2v) is 6.28. The average Bonchev–Trinajstić information content (AvgIpc) is 3.32. The summed E-state index contributed by atoms with van der Waals surface area (Å²) in [6, 6.07) is 21.7. The SMILES string of the molecule is O=C(N[C@H]1CCN(c2cc(-c3ccccc3)[nH]n2)C1)c1ccccc1. The minimum atomic E-state index is -0.0144. The molecule has 4 rings (SSSR count). The van der Waals surface area contributed by atoms with E-state index in [2.05, 4.69) is 38.6 Å². The zero-order chi connectivity index (χ0) is 17.1. The number of H-pyrrole nitrogens is 1. The predicted octanol–water partition coefficient (Wildman–Crippen LogP) is 3.09. The maximum atomic E-state index is 12.3. The van der Waals surface area contributed by atoms with Gasteiger partial charge in [-0.2, -0.15) is 5.10 Å². The van der Waals surface area contributed by atoms with Crippen LogP contribution in [0.15, 0.2) is 66.7 Å². The van der Waals surface area contributed by atoms with Crippen molar-refractivity contribution in [3.8, 4) is 11.3 Å². The zero-order valence-electron chi connectivity index (χ0n) is 13.9. The van der Waals surface area contributed by atoms with Crippen LogP contribution in [-0.4, -0.2) is 35.2 Å². The first kappa shape index (κ1) is 15.4. The Morgan fingerprint density at radius 2 is 1.80 bits per heavy atom. The molecule has 1 amide bonds. The van der Waals surface area contributed by atoms with E-state index in [1.807, 2.05) is 48.5 Å². The molecule has 1 fully saturated rings. The zero-order valence-corrected chi connectivity index (χ0v) is 13.9. The molecule has 5 nitrogen and oxygen atoms in total. The normalized spacial score (nSPS) is 16.8. The van der Waals surface area contributed by atoms with Gasteiger partial charge in [-0.15, -0.1) is 0 Å². The smallest absolute Gasteiger partial charge is 0.251 e. The van der Waals surface area contributed by atoms with Crippen LogP contribution in [0.1, 0.15) is 16.8 Å². The lowest BCUT2D eigenvalue weighted by molar-refractivity contribution is 0.0940. The van der Waals surface area contributed by atoms with Crippen molar-refractivity contribution in [2.24, 2.45) is 0 Å². The van der Waals surface area contributed by atoms with Crippen molar-refractivity contribution in [2.45, 2.75) is 12.5 Å². The van der Waals surface area contributed by atoms with Gasteiger partial charge in [0, 0.05) is 30.8 Å². The molecule has 1 atom stereocenters. The fraction of sp³-hybridized carbons (Fsp3) is 0.200. The summed E-state index contributed by atoms with van der Waals surface area (Å²) in [7, 11) is 0. The Balaban J connectivity index is 1.40. The molecular weight excluding hydrogens is 312 g/mol. The Kier molecular flexibility index (Phi) is 4.21. The van der Waals surface area contributed by atoms with E-state index in [9.17, 15) is 4.79 Å². The van der Waals surface area contributed by atoms with Gasteiger partial charge in [-0.05, 0) is 24.1 Å². The molecule has 0 aliphatic carbocycles. The summed E-state index contributed by atoms with van der Waals surface area (Å²) in [5.74, 6) is 0.912. The summed E-state index contributed by atoms with van der Waals surface area (Å²) in [4.78, 5) is 14.5. The van der Waals surface area contributed by atoms with Crippen molar-refractivity contribution in [1.82, 2.24) is 15.5 Å². The van der Waals surface area contributed by atoms with Crippen molar-refractivity contribution >= 4 is 11.7 Å². The lowest BCUT2D eigenvalue weighted by Crippen LogP contribution is -2.37. The van der Waals surface area contributed by atoms with Gasteiger partial charge in [0.1, 0.15) is 0 Å². The van der Waals surface area contributed by atoms with Crippen molar-refractivity contribution in [3.63, 3.8) is 0 Å². The summed E-state index contributed by atoms with van der Waals surface area (Å²) in [5, 5.41) is 10.7. The number of benzene rings is 2. The molecule has 25 heavy (non-hydrogen) atoms. The first-order valence-electron chi connectivity index (χ1n) is 8.51. The number of hydrogen-bond acceptors (Lipinski definition) is 3. The van der Waals surface area contributed by atoms with Gasteiger partial charge in [0.2, 0.25) is 0 Å². The van der Waals surface area contributed by atoms with Crippen LogP contribution < -0.4 is 10.2 Å². The van der Waals surface area contributed by atoms with Crippen LogP contribution in [-0.2, 0) is 0 Å². The monoisotopic (exact) mass is 332 g/mol. The fourth-order valence-corrected chi connectivity index (χ4v) is 3.18. The number of aromatic nitrogens is 2. The van der Waals surface area contributed by atoms with Crippen molar-refractivity contribution in [2.75, 3.05) is 18.0 Å². The number of anilines is 1. The Morgan fingerprint density at radius 1 is 1.08 bits per heavy atom. The quantitative estimate of drug-likeness (QED) is 0.772. The molecule has 5 heteroatoms. The van der Waals surface area contributed by atoms with Crippen molar-refractivity contribution < 1.29 is 4.79 Å². The Morgan fingerprint density at radius 3 is 2.56 bits per heavy atom. The van der Waals surface area contributed by atoms with Gasteiger partial charge < -0.3 is 10.2 Å². The van der Waals surface area contributed by atoms with Crippen molar-refractivity contribution in [3.05, 3.63) is 72.3 Å². The lowest BCUT2D eigenvalue weighted by atomic mass is 10.1. The summed E-state index contributed by atoms with van der Waals surface area (Å²) < 4.78 is 0. The number of amides is 1. The summed E-state index contributed by atoms with van der Waals surface area (Å²) in [5.41, 5.74) is 2.83. The summed E-state index contributed by atoms with van der Waals surface area (Å²) in [6.07, 6.45) is 0.923. The third-order valence-electron chi connectivity index (χ3n) is 4.53. The summed E-state index contributed by atoms with van der Waals surface area (Å²) >= 11 is 0. The predicted molar refractivity (Wildman–Crippen MR) is 98.5 cm³/mol. The highest BCUT2D eigenvalue weighted by atomic mass is 16.1. The molecule has 1 aliphatic heterocycles. The van der Waals surface area contributed by atoms with Crippen LogP contribution >= 0.6 is 0 Å². The molecule has 0 unspecified atom stereocenters. The minimum Gasteiger partial charge on any atom is -0.353 e. The first-order chi connectivity index (χ1) is 12.3. The molecule has 0 bridgehead atoms. The lowest BCUT2D eigenvalue weighted by Gasteiger charge is -2.16. The average molecular weight is 332 g/mol. The molecule has 2 N–H and O–H groups in total. The van der Waals surface area contributed by atoms with Crippen molar-refractivity contribution in [1.29, 1.82) is 0 Å². The number of carbonyl (C=O) groups is 1. The van der Waals surface area contributed by atoms with Gasteiger partial charge in [-0.3, -0.25) is 9.89 Å². The largest absolute Gasteiger partial charge is 0.353 e. The molecule has 3 aromatic rings. The molecule has 1 aliphatic rings. The van der Waals surface area contributed by atoms with Gasteiger partial charge in [-0.25, -0.2) is 0 Å². The topological polar surface area (TPSA) is 61.0 Å². The van der Waals surface area contributed by atoms with E-state index in [-0.39, 0.29) is 11.9 Å². The van der Waals surface area contributed by atoms with E-state index in [0.717, 1.165) is 36.6 Å². The van der Waals surface area contributed by atoms with Crippen LogP contribution in [0.25, 0.3) is 11.3 Å². The van der Waals surface area contributed by atoms with Gasteiger partial charge in [-0.1, -0.05) is 48.5 Å². The van der Waals surface area contributed by atoms with Crippen LogP contribution in [0.5, 0.6) is 0 Å². The highest BCUT2D eigenvalue weighted by Gasteiger charge is 2.25. The van der Waals surface area contributed by atoms with Crippen LogP contribution in [0.2, 0.25) is 0 Å². The maximum absolute atomic E-state index is 12.3. The molecule has 0 radical (unpaired) electrons. The Hall–Kier alpha value is -3.08. The third kappa shape index (κ3) is 3.40. The second-order valence-electron chi connectivity index (χ2n) is 6.28. The second kappa shape index (κ2) is 6.81. The molecule has 0 spiro atoms. The number of nitrogens with one attached hydrogen (secondary N) is 2. The molecular formula is C20H20N4O. The molecule has 1 saturated heterocycles. The number of nitrogens with zero attached hydrogens (tertiary/aromatic N) is 2. The van der Waals surface area contributed by atoms with Gasteiger partial charge >= 0.3 is 0 Å². The van der Waals surface area contributed by atoms with E-state index in [1.165, 1.54) is 0 Å². The number of aromatic amines is 1. The highest BCUT2D eigenvalue weighted by Crippen LogP contribution is 2.24. The van der Waals surface area contributed by atoms with E-state index in [4.69, 9.17) is 0 Å². The van der Waals surface area contributed by atoms with E-state index in [0.29, 0.717) is 5.56 Å². The molecule has 2 heterocycles. The minimum absolute atomic E-state index is 0.0144. The Labute approximate surface area is 146 Å². The third-order valence-corrected chi connectivity index (χ3v) is 4.53. The molecule has 0 saturated carbocycles. The van der Waals surface area contributed by atoms with Gasteiger partial charge in [0.15, 0.2) is 5.82 Å².